The van der Waals surface area contributed by atoms with Crippen LogP contribution >= 0.6 is 11.3 Å². The molecule has 4 rings (SSSR count). The van der Waals surface area contributed by atoms with E-state index < -0.39 is 11.5 Å². The fourth-order valence-electron chi connectivity index (χ4n) is 3.35. The fraction of sp³-hybridized carbons (Fsp3) is 0.238. The minimum absolute atomic E-state index is 0.0322. The second-order valence-corrected chi connectivity index (χ2v) is 7.70. The first-order valence-electron chi connectivity index (χ1n) is 9.38. The van der Waals surface area contributed by atoms with E-state index in [0.29, 0.717) is 24.5 Å². The smallest absolute Gasteiger partial charge is 0.263 e. The van der Waals surface area contributed by atoms with E-state index in [2.05, 4.69) is 27.4 Å². The van der Waals surface area contributed by atoms with Crippen LogP contribution in [0, 0.1) is 0 Å². The molecule has 8 heteroatoms. The molecule has 1 aromatic carbocycles. The number of rotatable bonds is 5. The maximum atomic E-state index is 12.6. The average molecular weight is 408 g/mol. The summed E-state index contributed by atoms with van der Waals surface area (Å²) in [5, 5.41) is 4.87. The van der Waals surface area contributed by atoms with Crippen LogP contribution in [0.4, 0.5) is 5.13 Å². The van der Waals surface area contributed by atoms with Crippen molar-refractivity contribution in [3.8, 4) is 0 Å². The van der Waals surface area contributed by atoms with Crippen LogP contribution in [-0.4, -0.2) is 33.2 Å². The third-order valence-corrected chi connectivity index (χ3v) is 5.72. The Morgan fingerprint density at radius 1 is 1.17 bits per heavy atom. The molecule has 1 aliphatic rings. The standard InChI is InChI=1S/C21H20N4O3S/c26-18(25-11-9-14-4-1-2-5-15(14)12-25)8-7-16-13-29-21(23-16)24-20(28)17-6-3-10-22-19(17)27/h1-6,10,13H,7-9,11-12H2,(H,22,27)(H,23,24,28). The zero-order chi connectivity index (χ0) is 20.2. The monoisotopic (exact) mass is 408 g/mol. The number of aryl methyl sites for hydroxylation is 1. The van der Waals surface area contributed by atoms with Gasteiger partial charge in [-0.3, -0.25) is 19.7 Å². The van der Waals surface area contributed by atoms with Crippen LogP contribution < -0.4 is 10.9 Å². The molecule has 0 radical (unpaired) electrons. The molecule has 3 heterocycles. The highest BCUT2D eigenvalue weighted by Gasteiger charge is 2.20. The van der Waals surface area contributed by atoms with Gasteiger partial charge < -0.3 is 9.88 Å². The Kier molecular flexibility index (Phi) is 5.53. The van der Waals surface area contributed by atoms with Gasteiger partial charge in [0.25, 0.3) is 11.5 Å². The van der Waals surface area contributed by atoms with E-state index in [0.717, 1.165) is 18.7 Å². The molecule has 2 aromatic heterocycles. The predicted molar refractivity (Wildman–Crippen MR) is 111 cm³/mol. The Morgan fingerprint density at radius 3 is 2.83 bits per heavy atom. The second kappa shape index (κ2) is 8.40. The quantitative estimate of drug-likeness (QED) is 0.678. The number of carbonyl (C=O) groups is 2. The SMILES string of the molecule is O=C(Nc1nc(CCC(=O)N2CCc3ccccc3C2)cs1)c1ccc[nH]c1=O. The van der Waals surface area contributed by atoms with Crippen molar-refractivity contribution in [1.29, 1.82) is 0 Å². The van der Waals surface area contributed by atoms with E-state index in [1.807, 2.05) is 22.4 Å². The number of pyridine rings is 1. The fourth-order valence-corrected chi connectivity index (χ4v) is 4.09. The Hall–Kier alpha value is -3.26. The Balaban J connectivity index is 1.32. The maximum absolute atomic E-state index is 12.6. The van der Waals surface area contributed by atoms with Crippen LogP contribution in [0.3, 0.4) is 0 Å². The van der Waals surface area contributed by atoms with Crippen molar-refractivity contribution in [2.45, 2.75) is 25.8 Å². The number of hydrogen-bond acceptors (Lipinski definition) is 5. The Labute approximate surface area is 171 Å². The largest absolute Gasteiger partial charge is 0.338 e. The van der Waals surface area contributed by atoms with E-state index in [1.54, 1.807) is 6.07 Å². The lowest BCUT2D eigenvalue weighted by atomic mass is 9.99. The molecule has 3 aromatic rings. The Morgan fingerprint density at radius 2 is 2.00 bits per heavy atom. The molecule has 0 aliphatic carbocycles. The maximum Gasteiger partial charge on any atom is 0.263 e. The first-order valence-corrected chi connectivity index (χ1v) is 10.3. The first-order chi connectivity index (χ1) is 14.1. The lowest BCUT2D eigenvalue weighted by Crippen LogP contribution is -2.36. The van der Waals surface area contributed by atoms with Crippen LogP contribution in [0.15, 0.2) is 52.8 Å². The lowest BCUT2D eigenvalue weighted by Gasteiger charge is -2.28. The molecule has 0 saturated carbocycles. The summed E-state index contributed by atoms with van der Waals surface area (Å²) in [6.45, 7) is 1.39. The van der Waals surface area contributed by atoms with Crippen molar-refractivity contribution in [2.75, 3.05) is 11.9 Å². The van der Waals surface area contributed by atoms with E-state index in [-0.39, 0.29) is 11.5 Å². The predicted octanol–water partition coefficient (Wildman–Crippen LogP) is 2.60. The number of nitrogens with zero attached hydrogens (tertiary/aromatic N) is 2. The van der Waals surface area contributed by atoms with E-state index in [9.17, 15) is 14.4 Å². The summed E-state index contributed by atoms with van der Waals surface area (Å²) in [4.78, 5) is 45.2. The van der Waals surface area contributed by atoms with Crippen LogP contribution in [0.2, 0.25) is 0 Å². The summed E-state index contributed by atoms with van der Waals surface area (Å²) in [6, 6.07) is 11.3. The van der Waals surface area contributed by atoms with E-state index in [4.69, 9.17) is 0 Å². The van der Waals surface area contributed by atoms with E-state index in [1.165, 1.54) is 34.7 Å². The minimum Gasteiger partial charge on any atom is -0.338 e. The first kappa shape index (κ1) is 19.1. The highest BCUT2D eigenvalue weighted by molar-refractivity contribution is 7.14. The number of hydrogen-bond donors (Lipinski definition) is 2. The summed E-state index contributed by atoms with van der Waals surface area (Å²) < 4.78 is 0. The van der Waals surface area contributed by atoms with Crippen molar-refractivity contribution in [2.24, 2.45) is 0 Å². The summed E-state index contributed by atoms with van der Waals surface area (Å²) in [5.41, 5.74) is 2.86. The third-order valence-electron chi connectivity index (χ3n) is 4.91. The number of H-pyrrole nitrogens is 1. The van der Waals surface area contributed by atoms with Crippen molar-refractivity contribution < 1.29 is 9.59 Å². The summed E-state index contributed by atoms with van der Waals surface area (Å²) in [7, 11) is 0. The number of benzene rings is 1. The zero-order valence-electron chi connectivity index (χ0n) is 15.7. The molecular formula is C21H20N4O3S. The van der Waals surface area contributed by atoms with Gasteiger partial charge in [0.15, 0.2) is 5.13 Å². The second-order valence-electron chi connectivity index (χ2n) is 6.85. The van der Waals surface area contributed by atoms with Gasteiger partial charge in [-0.15, -0.1) is 11.3 Å². The molecule has 0 atom stereocenters. The molecule has 0 spiro atoms. The van der Waals surface area contributed by atoms with Crippen LogP contribution in [0.5, 0.6) is 0 Å². The molecule has 1 aliphatic heterocycles. The molecule has 2 amide bonds. The topological polar surface area (TPSA) is 95.2 Å². The van der Waals surface area contributed by atoms with Gasteiger partial charge >= 0.3 is 0 Å². The van der Waals surface area contributed by atoms with Crippen molar-refractivity contribution >= 4 is 28.3 Å². The highest BCUT2D eigenvalue weighted by Crippen LogP contribution is 2.21. The van der Waals surface area contributed by atoms with Gasteiger partial charge in [0.2, 0.25) is 5.91 Å². The van der Waals surface area contributed by atoms with Gasteiger partial charge in [-0.25, -0.2) is 4.98 Å². The van der Waals surface area contributed by atoms with Gasteiger partial charge in [0, 0.05) is 31.1 Å². The number of thiazole rings is 1. The average Bonchev–Trinajstić information content (AvgIpc) is 3.19. The summed E-state index contributed by atoms with van der Waals surface area (Å²) >= 11 is 1.28. The lowest BCUT2D eigenvalue weighted by molar-refractivity contribution is -0.132. The third kappa shape index (κ3) is 4.43. The van der Waals surface area contributed by atoms with Crippen LogP contribution in [0.1, 0.15) is 33.6 Å². The molecule has 0 saturated heterocycles. The number of anilines is 1. The summed E-state index contributed by atoms with van der Waals surface area (Å²) in [6.07, 6.45) is 3.24. The van der Waals surface area contributed by atoms with Gasteiger partial charge in [0.1, 0.15) is 5.56 Å². The molecule has 7 nitrogen and oxygen atoms in total. The van der Waals surface area contributed by atoms with Crippen molar-refractivity contribution in [1.82, 2.24) is 14.9 Å². The van der Waals surface area contributed by atoms with E-state index >= 15 is 0 Å². The normalized spacial score (nSPS) is 13.0. The summed E-state index contributed by atoms with van der Waals surface area (Å²) in [5.74, 6) is -0.398. The number of nitrogens with one attached hydrogen (secondary N) is 2. The molecule has 0 fully saturated rings. The molecule has 2 N–H and O–H groups in total. The van der Waals surface area contributed by atoms with Crippen molar-refractivity contribution in [3.05, 3.63) is 80.7 Å². The highest BCUT2D eigenvalue weighted by atomic mass is 32.1. The van der Waals surface area contributed by atoms with Crippen LogP contribution in [0.25, 0.3) is 0 Å². The molecule has 0 bridgehead atoms. The van der Waals surface area contributed by atoms with Gasteiger partial charge in [-0.05, 0) is 36.1 Å². The zero-order valence-corrected chi connectivity index (χ0v) is 16.5. The van der Waals surface area contributed by atoms with Gasteiger partial charge in [0.05, 0.1) is 5.69 Å². The van der Waals surface area contributed by atoms with Crippen molar-refractivity contribution in [3.63, 3.8) is 0 Å². The molecule has 29 heavy (non-hydrogen) atoms. The molecule has 0 unspecified atom stereocenters. The minimum atomic E-state index is -0.504. The number of aromatic amines is 1. The number of aromatic nitrogens is 2. The number of fused-ring (bicyclic) bond motifs is 1. The molecule has 148 valence electrons. The number of amides is 2. The number of carbonyl (C=O) groups excluding carboxylic acids is 2. The molecular weight excluding hydrogens is 388 g/mol. The van der Waals surface area contributed by atoms with Gasteiger partial charge in [-0.2, -0.15) is 0 Å². The Bertz CT molecular complexity index is 1100. The van der Waals surface area contributed by atoms with Crippen LogP contribution in [-0.2, 0) is 24.2 Å². The van der Waals surface area contributed by atoms with Gasteiger partial charge in [-0.1, -0.05) is 24.3 Å².